The van der Waals surface area contributed by atoms with E-state index in [1.165, 1.54) is 44.9 Å². The van der Waals surface area contributed by atoms with Crippen molar-refractivity contribution in [1.29, 1.82) is 0 Å². The highest BCUT2D eigenvalue weighted by Gasteiger charge is 2.40. The highest BCUT2D eigenvalue weighted by atomic mass is 16.5. The largest absolute Gasteiger partial charge is 0.370 e. The van der Waals surface area contributed by atoms with Crippen molar-refractivity contribution >= 4 is 0 Å². The summed E-state index contributed by atoms with van der Waals surface area (Å²) in [4.78, 5) is 2.43. The molecule has 1 saturated heterocycles. The van der Waals surface area contributed by atoms with Gasteiger partial charge in [-0.3, -0.25) is 0 Å². The van der Waals surface area contributed by atoms with Crippen LogP contribution in [0.15, 0.2) is 0 Å². The fourth-order valence-corrected chi connectivity index (χ4v) is 3.69. The van der Waals surface area contributed by atoms with E-state index in [1.807, 2.05) is 0 Å². The van der Waals surface area contributed by atoms with Gasteiger partial charge in [0.2, 0.25) is 0 Å². The smallest absolute Gasteiger partial charge is 0.0710 e. The second kappa shape index (κ2) is 7.77. The van der Waals surface area contributed by atoms with Gasteiger partial charge in [-0.25, -0.2) is 0 Å². The third kappa shape index (κ3) is 5.01. The lowest BCUT2D eigenvalue weighted by Crippen LogP contribution is -2.37. The molecule has 0 aromatic rings. The standard InChI is InChI=1S/C17H34N2O/c1-15(2)13-18-11-12-19(3)14-16-7-10-17(20-16)8-5-4-6-9-17/h15-16,18H,4-14H2,1-3H3. The molecule has 2 rings (SSSR count). The fraction of sp³-hybridized carbons (Fsp3) is 1.00. The number of ether oxygens (including phenoxy) is 1. The lowest BCUT2D eigenvalue weighted by atomic mass is 9.83. The molecule has 3 nitrogen and oxygen atoms in total. The summed E-state index contributed by atoms with van der Waals surface area (Å²) in [6.45, 7) is 8.95. The van der Waals surface area contributed by atoms with Crippen LogP contribution in [-0.2, 0) is 4.74 Å². The minimum Gasteiger partial charge on any atom is -0.370 e. The Labute approximate surface area is 125 Å². The summed E-state index contributed by atoms with van der Waals surface area (Å²) in [6, 6.07) is 0. The van der Waals surface area contributed by atoms with Crippen LogP contribution in [0.1, 0.15) is 58.8 Å². The Hall–Kier alpha value is -0.120. The Morgan fingerprint density at radius 2 is 1.95 bits per heavy atom. The van der Waals surface area contributed by atoms with Crippen LogP contribution < -0.4 is 5.32 Å². The van der Waals surface area contributed by atoms with Gasteiger partial charge in [-0.15, -0.1) is 0 Å². The molecular formula is C17H34N2O. The van der Waals surface area contributed by atoms with Crippen molar-refractivity contribution in [3.63, 3.8) is 0 Å². The lowest BCUT2D eigenvalue weighted by molar-refractivity contribution is -0.0700. The van der Waals surface area contributed by atoms with Crippen molar-refractivity contribution < 1.29 is 4.74 Å². The van der Waals surface area contributed by atoms with Crippen LogP contribution in [0.5, 0.6) is 0 Å². The summed E-state index contributed by atoms with van der Waals surface area (Å²) in [5, 5.41) is 3.52. The summed E-state index contributed by atoms with van der Waals surface area (Å²) in [5.41, 5.74) is 0.277. The average Bonchev–Trinajstić information content (AvgIpc) is 2.78. The molecule has 1 spiro atoms. The van der Waals surface area contributed by atoms with Gasteiger partial charge < -0.3 is 15.0 Å². The van der Waals surface area contributed by atoms with Crippen molar-refractivity contribution in [3.8, 4) is 0 Å². The highest BCUT2D eigenvalue weighted by molar-refractivity contribution is 4.91. The molecule has 1 atom stereocenters. The number of likely N-dealkylation sites (N-methyl/N-ethyl adjacent to an activating group) is 1. The number of nitrogens with zero attached hydrogens (tertiary/aromatic N) is 1. The van der Waals surface area contributed by atoms with E-state index >= 15 is 0 Å². The van der Waals surface area contributed by atoms with Crippen LogP contribution in [0.4, 0.5) is 0 Å². The molecule has 0 radical (unpaired) electrons. The zero-order valence-corrected chi connectivity index (χ0v) is 13.8. The third-order valence-corrected chi connectivity index (χ3v) is 4.84. The van der Waals surface area contributed by atoms with Gasteiger partial charge in [-0.2, -0.15) is 0 Å². The first-order valence-electron chi connectivity index (χ1n) is 8.67. The molecule has 1 aliphatic heterocycles. The normalized spacial score (nSPS) is 25.9. The quantitative estimate of drug-likeness (QED) is 0.726. The molecule has 0 amide bonds. The van der Waals surface area contributed by atoms with Crippen LogP contribution >= 0.6 is 0 Å². The maximum absolute atomic E-state index is 6.44. The van der Waals surface area contributed by atoms with Crippen molar-refractivity contribution in [2.75, 3.05) is 33.2 Å². The second-order valence-corrected chi connectivity index (χ2v) is 7.38. The molecule has 0 aromatic carbocycles. The molecule has 2 aliphatic rings. The Morgan fingerprint density at radius 1 is 1.20 bits per heavy atom. The summed E-state index contributed by atoms with van der Waals surface area (Å²) in [7, 11) is 2.23. The maximum Gasteiger partial charge on any atom is 0.0710 e. The molecule has 1 heterocycles. The zero-order chi connectivity index (χ0) is 14.4. The molecule has 1 N–H and O–H groups in total. The molecule has 1 unspecified atom stereocenters. The number of nitrogens with one attached hydrogen (secondary N) is 1. The topological polar surface area (TPSA) is 24.5 Å². The van der Waals surface area contributed by atoms with Crippen LogP contribution in [0.25, 0.3) is 0 Å². The van der Waals surface area contributed by atoms with Gasteiger partial charge in [-0.1, -0.05) is 33.1 Å². The van der Waals surface area contributed by atoms with Crippen LogP contribution in [0.3, 0.4) is 0 Å². The van der Waals surface area contributed by atoms with E-state index in [9.17, 15) is 0 Å². The first-order valence-corrected chi connectivity index (χ1v) is 8.67. The van der Waals surface area contributed by atoms with E-state index in [0.717, 1.165) is 32.1 Å². The number of hydrogen-bond donors (Lipinski definition) is 1. The molecule has 1 saturated carbocycles. The van der Waals surface area contributed by atoms with Gasteiger partial charge >= 0.3 is 0 Å². The fourth-order valence-electron chi connectivity index (χ4n) is 3.69. The average molecular weight is 282 g/mol. The van der Waals surface area contributed by atoms with Gasteiger partial charge in [-0.05, 0) is 45.2 Å². The first kappa shape index (κ1) is 16.3. The van der Waals surface area contributed by atoms with E-state index in [4.69, 9.17) is 4.74 Å². The van der Waals surface area contributed by atoms with E-state index in [1.54, 1.807) is 0 Å². The third-order valence-electron chi connectivity index (χ3n) is 4.84. The number of rotatable bonds is 7. The molecule has 3 heteroatoms. The molecule has 20 heavy (non-hydrogen) atoms. The van der Waals surface area contributed by atoms with E-state index in [0.29, 0.717) is 6.10 Å². The van der Waals surface area contributed by atoms with Gasteiger partial charge in [0.25, 0.3) is 0 Å². The molecule has 1 aliphatic carbocycles. The van der Waals surface area contributed by atoms with Crippen molar-refractivity contribution in [1.82, 2.24) is 10.2 Å². The Balaban J connectivity index is 1.61. The van der Waals surface area contributed by atoms with E-state index in [2.05, 4.69) is 31.1 Å². The SMILES string of the molecule is CC(C)CNCCN(C)CC1CCC2(CCCCC2)O1. The Morgan fingerprint density at radius 3 is 2.65 bits per heavy atom. The Bertz CT molecular complexity index is 274. The summed E-state index contributed by atoms with van der Waals surface area (Å²) in [5.74, 6) is 0.740. The van der Waals surface area contributed by atoms with Crippen LogP contribution in [0, 0.1) is 5.92 Å². The molecule has 2 fully saturated rings. The summed E-state index contributed by atoms with van der Waals surface area (Å²) >= 11 is 0. The number of hydrogen-bond acceptors (Lipinski definition) is 3. The zero-order valence-electron chi connectivity index (χ0n) is 13.8. The molecular weight excluding hydrogens is 248 g/mol. The molecule has 118 valence electrons. The maximum atomic E-state index is 6.44. The molecule has 0 bridgehead atoms. The first-order chi connectivity index (χ1) is 9.60. The van der Waals surface area contributed by atoms with Crippen molar-refractivity contribution in [3.05, 3.63) is 0 Å². The second-order valence-electron chi connectivity index (χ2n) is 7.38. The van der Waals surface area contributed by atoms with Gasteiger partial charge in [0.15, 0.2) is 0 Å². The Kier molecular flexibility index (Phi) is 6.31. The lowest BCUT2D eigenvalue weighted by Gasteiger charge is -2.34. The van der Waals surface area contributed by atoms with Crippen LogP contribution in [-0.4, -0.2) is 49.8 Å². The van der Waals surface area contributed by atoms with Crippen LogP contribution in [0.2, 0.25) is 0 Å². The highest BCUT2D eigenvalue weighted by Crippen LogP contribution is 2.41. The predicted octanol–water partition coefficient (Wildman–Crippen LogP) is 3.05. The van der Waals surface area contributed by atoms with Gasteiger partial charge in [0, 0.05) is 19.6 Å². The monoisotopic (exact) mass is 282 g/mol. The minimum atomic E-state index is 0.277. The van der Waals surface area contributed by atoms with Crippen molar-refractivity contribution in [2.45, 2.75) is 70.5 Å². The summed E-state index contributed by atoms with van der Waals surface area (Å²) < 4.78 is 6.44. The van der Waals surface area contributed by atoms with E-state index in [-0.39, 0.29) is 5.60 Å². The van der Waals surface area contributed by atoms with Gasteiger partial charge in [0.05, 0.1) is 11.7 Å². The van der Waals surface area contributed by atoms with Crippen molar-refractivity contribution in [2.24, 2.45) is 5.92 Å². The predicted molar refractivity (Wildman–Crippen MR) is 85.1 cm³/mol. The van der Waals surface area contributed by atoms with E-state index < -0.39 is 0 Å². The van der Waals surface area contributed by atoms with Gasteiger partial charge in [0.1, 0.15) is 0 Å². The minimum absolute atomic E-state index is 0.277. The summed E-state index contributed by atoms with van der Waals surface area (Å²) in [6.07, 6.45) is 9.83. The molecule has 0 aromatic heterocycles.